The Morgan fingerprint density at radius 1 is 1.12 bits per heavy atom. The van der Waals surface area contributed by atoms with Crippen LogP contribution in [0.5, 0.6) is 5.75 Å². The molecule has 0 radical (unpaired) electrons. The Morgan fingerprint density at radius 2 is 1.85 bits per heavy atom. The van der Waals surface area contributed by atoms with Crippen molar-refractivity contribution in [1.29, 1.82) is 0 Å². The normalized spacial score (nSPS) is 14.9. The largest absolute Gasteiger partial charge is 0.494 e. The molecule has 0 amide bonds. The first-order chi connectivity index (χ1) is 12.6. The van der Waals surface area contributed by atoms with Gasteiger partial charge < -0.3 is 14.5 Å². The van der Waals surface area contributed by atoms with Crippen molar-refractivity contribution in [2.45, 2.75) is 0 Å². The fourth-order valence-corrected chi connectivity index (χ4v) is 4.33. The van der Waals surface area contributed by atoms with E-state index in [0.29, 0.717) is 5.02 Å². The summed E-state index contributed by atoms with van der Waals surface area (Å²) in [7, 11) is 3.31. The molecule has 0 unspecified atom stereocenters. The number of aryl methyl sites for hydroxylation is 1. The van der Waals surface area contributed by atoms with Gasteiger partial charge in [0, 0.05) is 39.3 Å². The van der Waals surface area contributed by atoms with Gasteiger partial charge in [-0.15, -0.1) is 0 Å². The second-order valence-electron chi connectivity index (χ2n) is 6.05. The van der Waals surface area contributed by atoms with Crippen molar-refractivity contribution in [1.82, 2.24) is 14.8 Å². The molecule has 1 saturated heterocycles. The summed E-state index contributed by atoms with van der Waals surface area (Å²) >= 11 is 7.91. The average Bonchev–Trinajstić information content (AvgIpc) is 3.11. The lowest BCUT2D eigenvalue weighted by Gasteiger charge is -2.35. The van der Waals surface area contributed by atoms with Crippen LogP contribution in [0.15, 0.2) is 29.1 Å². The number of methoxy groups -OCH3 is 1. The summed E-state index contributed by atoms with van der Waals surface area (Å²) in [6.45, 7) is 3.27. The topological polar surface area (TPSA) is 63.5 Å². The molecule has 1 fully saturated rings. The number of hydrogen-bond acceptors (Lipinski definition) is 7. The van der Waals surface area contributed by atoms with E-state index in [1.807, 2.05) is 12.1 Å². The number of anilines is 2. The van der Waals surface area contributed by atoms with Crippen LogP contribution in [0.25, 0.3) is 10.2 Å². The molecule has 1 aliphatic rings. The lowest BCUT2D eigenvalue weighted by molar-refractivity contribution is 0.419. The van der Waals surface area contributed by atoms with E-state index in [4.69, 9.17) is 21.3 Å². The Labute approximate surface area is 159 Å². The second kappa shape index (κ2) is 6.77. The molecule has 2 aromatic heterocycles. The SMILES string of the molecule is COc1ccc(Cl)c2sc(N3CCN(c4ccc(=O)n(C)n4)CC3)nc12. The van der Waals surface area contributed by atoms with Crippen LogP contribution >= 0.6 is 22.9 Å². The van der Waals surface area contributed by atoms with Crippen molar-refractivity contribution >= 4 is 44.1 Å². The highest BCUT2D eigenvalue weighted by Gasteiger charge is 2.22. The van der Waals surface area contributed by atoms with Crippen LogP contribution in [0.3, 0.4) is 0 Å². The molecule has 0 N–H and O–H groups in total. The third kappa shape index (κ3) is 2.99. The van der Waals surface area contributed by atoms with Crippen LogP contribution in [0.4, 0.5) is 10.9 Å². The maximum absolute atomic E-state index is 11.5. The van der Waals surface area contributed by atoms with Crippen molar-refractivity contribution in [2.24, 2.45) is 7.05 Å². The van der Waals surface area contributed by atoms with E-state index >= 15 is 0 Å². The van der Waals surface area contributed by atoms with Gasteiger partial charge in [-0.25, -0.2) is 9.67 Å². The summed E-state index contributed by atoms with van der Waals surface area (Å²) in [6, 6.07) is 7.02. The van der Waals surface area contributed by atoms with Gasteiger partial charge in [-0.2, -0.15) is 5.10 Å². The Hall–Kier alpha value is -2.32. The highest BCUT2D eigenvalue weighted by molar-refractivity contribution is 7.22. The predicted molar refractivity (Wildman–Crippen MR) is 105 cm³/mol. The van der Waals surface area contributed by atoms with Crippen molar-refractivity contribution in [3.63, 3.8) is 0 Å². The number of fused-ring (bicyclic) bond motifs is 1. The number of hydrogen-bond donors (Lipinski definition) is 0. The first kappa shape index (κ1) is 17.1. The molecule has 9 heteroatoms. The fourth-order valence-electron chi connectivity index (χ4n) is 3.03. The number of aromatic nitrogens is 3. The van der Waals surface area contributed by atoms with E-state index in [2.05, 4.69) is 14.9 Å². The summed E-state index contributed by atoms with van der Waals surface area (Å²) in [4.78, 5) is 20.7. The molecular formula is C17H18ClN5O2S. The van der Waals surface area contributed by atoms with Gasteiger partial charge in [0.1, 0.15) is 17.1 Å². The van der Waals surface area contributed by atoms with Crippen molar-refractivity contribution < 1.29 is 4.74 Å². The van der Waals surface area contributed by atoms with Gasteiger partial charge in [0.15, 0.2) is 5.13 Å². The number of thiazole rings is 1. The van der Waals surface area contributed by atoms with Gasteiger partial charge in [0.25, 0.3) is 5.56 Å². The Bertz CT molecular complexity index is 1010. The van der Waals surface area contributed by atoms with Crippen LogP contribution in [0.2, 0.25) is 5.02 Å². The number of piperazine rings is 1. The van der Waals surface area contributed by atoms with Gasteiger partial charge in [-0.1, -0.05) is 22.9 Å². The summed E-state index contributed by atoms with van der Waals surface area (Å²) in [5.74, 6) is 1.56. The molecule has 0 spiro atoms. The fraction of sp³-hybridized carbons (Fsp3) is 0.353. The molecular weight excluding hydrogens is 374 g/mol. The maximum Gasteiger partial charge on any atom is 0.266 e. The maximum atomic E-state index is 11.5. The number of benzene rings is 1. The molecule has 1 aliphatic heterocycles. The third-order valence-electron chi connectivity index (χ3n) is 4.49. The van der Waals surface area contributed by atoms with Crippen molar-refractivity contribution in [3.05, 3.63) is 39.6 Å². The molecule has 7 nitrogen and oxygen atoms in total. The Kier molecular flexibility index (Phi) is 4.46. The van der Waals surface area contributed by atoms with E-state index < -0.39 is 0 Å². The van der Waals surface area contributed by atoms with Crippen molar-refractivity contribution in [3.8, 4) is 5.75 Å². The molecule has 0 bridgehead atoms. The highest BCUT2D eigenvalue weighted by Crippen LogP contribution is 2.38. The van der Waals surface area contributed by atoms with E-state index in [1.165, 1.54) is 4.68 Å². The predicted octanol–water partition coefficient (Wildman–Crippen LogP) is 2.38. The van der Waals surface area contributed by atoms with E-state index in [9.17, 15) is 4.79 Å². The smallest absolute Gasteiger partial charge is 0.266 e. The number of ether oxygens (including phenoxy) is 1. The van der Waals surface area contributed by atoms with E-state index in [0.717, 1.165) is 53.1 Å². The lowest BCUT2D eigenvalue weighted by Crippen LogP contribution is -2.47. The third-order valence-corrected chi connectivity index (χ3v) is 6.06. The number of rotatable bonds is 3. The van der Waals surface area contributed by atoms with Gasteiger partial charge in [0.05, 0.1) is 16.8 Å². The minimum Gasteiger partial charge on any atom is -0.494 e. The number of nitrogens with zero attached hydrogens (tertiary/aromatic N) is 5. The van der Waals surface area contributed by atoms with Gasteiger partial charge in [-0.3, -0.25) is 4.79 Å². The lowest BCUT2D eigenvalue weighted by atomic mass is 10.3. The Morgan fingerprint density at radius 3 is 2.54 bits per heavy atom. The van der Waals surface area contributed by atoms with Crippen LogP contribution < -0.4 is 20.1 Å². The summed E-state index contributed by atoms with van der Waals surface area (Å²) < 4.78 is 7.71. The van der Waals surface area contributed by atoms with Crippen LogP contribution in [-0.4, -0.2) is 48.1 Å². The Balaban J connectivity index is 1.54. The molecule has 3 aromatic rings. The first-order valence-electron chi connectivity index (χ1n) is 8.24. The van der Waals surface area contributed by atoms with Crippen LogP contribution in [0, 0.1) is 0 Å². The summed E-state index contributed by atoms with van der Waals surface area (Å²) in [5, 5.41) is 5.96. The quantitative estimate of drug-likeness (QED) is 0.683. The summed E-state index contributed by atoms with van der Waals surface area (Å²) in [6.07, 6.45) is 0. The zero-order valence-electron chi connectivity index (χ0n) is 14.5. The van der Waals surface area contributed by atoms with Gasteiger partial charge in [0.2, 0.25) is 0 Å². The zero-order chi connectivity index (χ0) is 18.3. The molecule has 4 rings (SSSR count). The molecule has 1 aromatic carbocycles. The second-order valence-corrected chi connectivity index (χ2v) is 7.44. The molecule has 0 aliphatic carbocycles. The minimum absolute atomic E-state index is 0.104. The standard InChI is InChI=1S/C17H18ClN5O2S/c1-21-14(24)6-5-13(20-21)22-7-9-23(10-8-22)17-19-15-12(25-2)4-3-11(18)16(15)26-17/h3-6H,7-10H2,1-2H3. The molecule has 0 atom stereocenters. The van der Waals surface area contributed by atoms with Crippen molar-refractivity contribution in [2.75, 3.05) is 43.1 Å². The van der Waals surface area contributed by atoms with Crippen LogP contribution in [0.1, 0.15) is 0 Å². The monoisotopic (exact) mass is 391 g/mol. The average molecular weight is 392 g/mol. The van der Waals surface area contributed by atoms with Crippen LogP contribution in [-0.2, 0) is 7.05 Å². The summed E-state index contributed by atoms with van der Waals surface area (Å²) in [5.41, 5.74) is 0.704. The molecule has 3 heterocycles. The minimum atomic E-state index is -0.104. The molecule has 136 valence electrons. The highest BCUT2D eigenvalue weighted by atomic mass is 35.5. The van der Waals surface area contributed by atoms with E-state index in [-0.39, 0.29) is 5.56 Å². The molecule has 0 saturated carbocycles. The van der Waals surface area contributed by atoms with Gasteiger partial charge >= 0.3 is 0 Å². The number of halogens is 1. The zero-order valence-corrected chi connectivity index (χ0v) is 16.0. The van der Waals surface area contributed by atoms with E-state index in [1.54, 1.807) is 37.6 Å². The first-order valence-corrected chi connectivity index (χ1v) is 9.43. The molecule has 26 heavy (non-hydrogen) atoms. The van der Waals surface area contributed by atoms with Gasteiger partial charge in [-0.05, 0) is 18.2 Å².